The number of benzene rings is 3. The normalized spacial score (nSPS) is 17.3. The molecule has 3 aromatic rings. The fourth-order valence-electron chi connectivity index (χ4n) is 4.25. The van der Waals surface area contributed by atoms with E-state index < -0.39 is 0 Å². The van der Waals surface area contributed by atoms with Crippen LogP contribution < -0.4 is 15.0 Å². The van der Waals surface area contributed by atoms with Crippen molar-refractivity contribution in [1.29, 1.82) is 0 Å². The van der Waals surface area contributed by atoms with Crippen LogP contribution in [0.25, 0.3) is 0 Å². The van der Waals surface area contributed by atoms with Crippen LogP contribution in [0, 0.1) is 0 Å². The first kappa shape index (κ1) is 20.6. The van der Waals surface area contributed by atoms with E-state index in [1.807, 2.05) is 59.5 Å². The molecule has 1 unspecified atom stereocenters. The zero-order chi connectivity index (χ0) is 21.9. The van der Waals surface area contributed by atoms with Gasteiger partial charge in [0.2, 0.25) is 5.91 Å². The highest BCUT2D eigenvalue weighted by atomic mass is 32.2. The first-order valence-electron chi connectivity index (χ1n) is 10.8. The van der Waals surface area contributed by atoms with Crippen molar-refractivity contribution in [3.05, 3.63) is 89.5 Å². The molecular formula is C26H24N2O3S. The Morgan fingerprint density at radius 1 is 1.00 bits per heavy atom. The minimum absolute atomic E-state index is 0.0507. The summed E-state index contributed by atoms with van der Waals surface area (Å²) in [6.45, 7) is -0.0507. The maximum Gasteiger partial charge on any atom is 0.262 e. The SMILES string of the molecule is O=C(COc1ccccc1)Nc1ccc(C2SCC(=O)N2c2ccc3c(c2)CCC3)cc1. The van der Waals surface area contributed by atoms with Gasteiger partial charge in [0, 0.05) is 11.4 Å². The van der Waals surface area contributed by atoms with Gasteiger partial charge in [-0.05, 0) is 72.4 Å². The lowest BCUT2D eigenvalue weighted by atomic mass is 10.1. The molecule has 6 heteroatoms. The van der Waals surface area contributed by atoms with Crippen LogP contribution in [0.3, 0.4) is 0 Å². The molecule has 3 aromatic carbocycles. The molecule has 1 aliphatic heterocycles. The Bertz CT molecular complexity index is 1130. The van der Waals surface area contributed by atoms with Crippen molar-refractivity contribution in [2.75, 3.05) is 22.6 Å². The monoisotopic (exact) mass is 444 g/mol. The van der Waals surface area contributed by atoms with E-state index >= 15 is 0 Å². The summed E-state index contributed by atoms with van der Waals surface area (Å²) in [5.41, 5.74) is 5.48. The number of fused-ring (bicyclic) bond motifs is 1. The van der Waals surface area contributed by atoms with Gasteiger partial charge in [0.25, 0.3) is 5.91 Å². The Morgan fingerprint density at radius 2 is 1.78 bits per heavy atom. The summed E-state index contributed by atoms with van der Waals surface area (Å²) in [7, 11) is 0. The van der Waals surface area contributed by atoms with E-state index in [0.29, 0.717) is 17.2 Å². The van der Waals surface area contributed by atoms with E-state index in [2.05, 4.69) is 23.5 Å². The lowest BCUT2D eigenvalue weighted by Crippen LogP contribution is -2.28. The van der Waals surface area contributed by atoms with Gasteiger partial charge in [-0.2, -0.15) is 0 Å². The largest absolute Gasteiger partial charge is 0.484 e. The Kier molecular flexibility index (Phi) is 5.86. The Labute approximate surface area is 191 Å². The summed E-state index contributed by atoms with van der Waals surface area (Å²) in [6, 6.07) is 23.4. The standard InChI is InChI=1S/C26H24N2O3S/c29-24(16-31-23-7-2-1-3-8-23)27-21-12-9-19(10-13-21)26-28(25(30)17-32-26)22-14-11-18-5-4-6-20(18)15-22/h1-3,7-15,26H,4-6,16-17H2,(H,27,29). The highest BCUT2D eigenvalue weighted by molar-refractivity contribution is 8.00. The lowest BCUT2D eigenvalue weighted by molar-refractivity contribution is -0.118. The van der Waals surface area contributed by atoms with Crippen molar-refractivity contribution < 1.29 is 14.3 Å². The van der Waals surface area contributed by atoms with Gasteiger partial charge in [-0.25, -0.2) is 0 Å². The third-order valence-corrected chi connectivity index (χ3v) is 7.03. The molecule has 0 aromatic heterocycles. The van der Waals surface area contributed by atoms with Gasteiger partial charge in [0.1, 0.15) is 11.1 Å². The van der Waals surface area contributed by atoms with Crippen LogP contribution in [0.4, 0.5) is 11.4 Å². The number of ether oxygens (including phenoxy) is 1. The number of carbonyl (C=O) groups is 2. The van der Waals surface area contributed by atoms with Crippen LogP contribution in [-0.2, 0) is 22.4 Å². The zero-order valence-electron chi connectivity index (χ0n) is 17.6. The van der Waals surface area contributed by atoms with Crippen LogP contribution in [0.2, 0.25) is 0 Å². The molecule has 162 valence electrons. The summed E-state index contributed by atoms with van der Waals surface area (Å²) in [6.07, 6.45) is 3.41. The molecule has 1 fully saturated rings. The zero-order valence-corrected chi connectivity index (χ0v) is 18.4. The second kappa shape index (κ2) is 9.09. The molecule has 1 saturated heterocycles. The average molecular weight is 445 g/mol. The number of carbonyl (C=O) groups excluding carboxylic acids is 2. The first-order valence-corrected chi connectivity index (χ1v) is 11.9. The fourth-order valence-corrected chi connectivity index (χ4v) is 5.43. The number of anilines is 2. The third-order valence-electron chi connectivity index (χ3n) is 5.82. The van der Waals surface area contributed by atoms with E-state index in [0.717, 1.165) is 24.1 Å². The van der Waals surface area contributed by atoms with Crippen molar-refractivity contribution >= 4 is 35.0 Å². The van der Waals surface area contributed by atoms with Crippen LogP contribution in [0.15, 0.2) is 72.8 Å². The lowest BCUT2D eigenvalue weighted by Gasteiger charge is -2.25. The minimum atomic E-state index is -0.216. The van der Waals surface area contributed by atoms with Crippen molar-refractivity contribution in [2.45, 2.75) is 24.6 Å². The molecule has 1 heterocycles. The van der Waals surface area contributed by atoms with Crippen LogP contribution in [0.5, 0.6) is 5.75 Å². The van der Waals surface area contributed by atoms with Crippen LogP contribution in [0.1, 0.15) is 28.5 Å². The molecule has 0 saturated carbocycles. The van der Waals surface area contributed by atoms with Crippen LogP contribution in [-0.4, -0.2) is 24.2 Å². The van der Waals surface area contributed by atoms with E-state index in [1.165, 1.54) is 17.5 Å². The molecular weight excluding hydrogens is 420 g/mol. The smallest absolute Gasteiger partial charge is 0.262 e. The second-order valence-corrected chi connectivity index (χ2v) is 9.07. The molecule has 2 aliphatic rings. The molecule has 32 heavy (non-hydrogen) atoms. The summed E-state index contributed by atoms with van der Waals surface area (Å²) in [4.78, 5) is 26.8. The van der Waals surface area contributed by atoms with E-state index in [4.69, 9.17) is 4.74 Å². The molecule has 0 bridgehead atoms. The predicted octanol–water partition coefficient (Wildman–Crippen LogP) is 4.97. The highest BCUT2D eigenvalue weighted by Crippen LogP contribution is 2.42. The van der Waals surface area contributed by atoms with Gasteiger partial charge in [-0.1, -0.05) is 36.4 Å². The van der Waals surface area contributed by atoms with Gasteiger partial charge in [0.05, 0.1) is 5.75 Å². The number of nitrogens with one attached hydrogen (secondary N) is 1. The maximum atomic E-state index is 12.7. The van der Waals surface area contributed by atoms with Gasteiger partial charge in [0.15, 0.2) is 6.61 Å². The molecule has 5 rings (SSSR count). The molecule has 1 aliphatic carbocycles. The number of rotatable bonds is 6. The summed E-state index contributed by atoms with van der Waals surface area (Å²) in [5.74, 6) is 1.05. The second-order valence-electron chi connectivity index (χ2n) is 8.01. The van der Waals surface area contributed by atoms with Crippen LogP contribution >= 0.6 is 11.8 Å². The van der Waals surface area contributed by atoms with Crippen molar-refractivity contribution in [2.24, 2.45) is 0 Å². The molecule has 0 radical (unpaired) electrons. The molecule has 1 N–H and O–H groups in total. The van der Waals surface area contributed by atoms with Crippen molar-refractivity contribution in [3.8, 4) is 5.75 Å². The molecule has 1 atom stereocenters. The predicted molar refractivity (Wildman–Crippen MR) is 128 cm³/mol. The quantitative estimate of drug-likeness (QED) is 0.583. The summed E-state index contributed by atoms with van der Waals surface area (Å²) >= 11 is 1.63. The number of nitrogens with zero attached hydrogens (tertiary/aromatic N) is 1. The summed E-state index contributed by atoms with van der Waals surface area (Å²) < 4.78 is 5.49. The van der Waals surface area contributed by atoms with Gasteiger partial charge in [-0.15, -0.1) is 11.8 Å². The minimum Gasteiger partial charge on any atom is -0.484 e. The number of para-hydroxylation sites is 1. The third kappa shape index (κ3) is 4.36. The van der Waals surface area contributed by atoms with Gasteiger partial charge in [-0.3, -0.25) is 14.5 Å². The van der Waals surface area contributed by atoms with Crippen molar-refractivity contribution in [1.82, 2.24) is 0 Å². The van der Waals surface area contributed by atoms with Gasteiger partial charge < -0.3 is 10.1 Å². The number of hydrogen-bond donors (Lipinski definition) is 1. The number of amides is 2. The number of thioether (sulfide) groups is 1. The molecule has 5 nitrogen and oxygen atoms in total. The Balaban J connectivity index is 1.25. The summed E-state index contributed by atoms with van der Waals surface area (Å²) in [5, 5.41) is 2.80. The average Bonchev–Trinajstić information content (AvgIpc) is 3.45. The van der Waals surface area contributed by atoms with Crippen molar-refractivity contribution in [3.63, 3.8) is 0 Å². The van der Waals surface area contributed by atoms with E-state index in [-0.39, 0.29) is 23.8 Å². The van der Waals surface area contributed by atoms with E-state index in [1.54, 1.807) is 11.8 Å². The van der Waals surface area contributed by atoms with E-state index in [9.17, 15) is 9.59 Å². The molecule has 2 amide bonds. The Morgan fingerprint density at radius 3 is 2.59 bits per heavy atom. The maximum absolute atomic E-state index is 12.7. The fraction of sp³-hybridized carbons (Fsp3) is 0.231. The topological polar surface area (TPSA) is 58.6 Å². The highest BCUT2D eigenvalue weighted by Gasteiger charge is 2.34. The first-order chi connectivity index (χ1) is 15.7. The Hall–Kier alpha value is -3.25. The molecule has 0 spiro atoms. The number of hydrogen-bond acceptors (Lipinski definition) is 4. The number of aryl methyl sites for hydroxylation is 2. The van der Waals surface area contributed by atoms with Gasteiger partial charge >= 0.3 is 0 Å².